The van der Waals surface area contributed by atoms with Crippen LogP contribution in [0.4, 0.5) is 0 Å². The number of aromatic nitrogens is 2. The van der Waals surface area contributed by atoms with Gasteiger partial charge in [-0.3, -0.25) is 4.68 Å². The van der Waals surface area contributed by atoms with E-state index in [1.807, 2.05) is 29.1 Å². The Labute approximate surface area is 95.9 Å². The molecule has 1 heterocycles. The van der Waals surface area contributed by atoms with Crippen molar-refractivity contribution in [3.63, 3.8) is 0 Å². The summed E-state index contributed by atoms with van der Waals surface area (Å²) in [6.07, 6.45) is 10.9. The monoisotopic (exact) mass is 210 g/mol. The fraction of sp³-hybridized carbons (Fsp3) is 0.214. The summed E-state index contributed by atoms with van der Waals surface area (Å²) >= 11 is 0. The number of hydrogen-bond donors (Lipinski definition) is 0. The summed E-state index contributed by atoms with van der Waals surface area (Å²) in [7, 11) is 0. The Hall–Kier alpha value is -2.01. The van der Waals surface area contributed by atoms with Gasteiger partial charge in [0.05, 0.1) is 6.20 Å². The first-order valence-electron chi connectivity index (χ1n) is 5.41. The highest BCUT2D eigenvalue weighted by Crippen LogP contribution is 2.17. The topological polar surface area (TPSA) is 17.8 Å². The van der Waals surface area contributed by atoms with Gasteiger partial charge in [-0.2, -0.15) is 5.10 Å². The minimum absolute atomic E-state index is 0.806. The van der Waals surface area contributed by atoms with Gasteiger partial charge in [-0.25, -0.2) is 0 Å². The number of aryl methyl sites for hydroxylation is 1. The number of terminal acetylenes is 1. The molecule has 0 spiro atoms. The van der Waals surface area contributed by atoms with Crippen molar-refractivity contribution >= 4 is 0 Å². The van der Waals surface area contributed by atoms with E-state index < -0.39 is 0 Å². The summed E-state index contributed by atoms with van der Waals surface area (Å²) in [5.41, 5.74) is 2.35. The molecule has 0 aliphatic carbocycles. The average Bonchev–Trinajstić information content (AvgIpc) is 2.79. The van der Waals surface area contributed by atoms with Crippen molar-refractivity contribution in [2.24, 2.45) is 0 Å². The highest BCUT2D eigenvalue weighted by Gasteiger charge is 2.00. The fourth-order valence-electron chi connectivity index (χ4n) is 1.61. The van der Waals surface area contributed by atoms with E-state index in [1.165, 1.54) is 5.56 Å². The summed E-state index contributed by atoms with van der Waals surface area (Å²) in [6.45, 7) is 0.886. The van der Waals surface area contributed by atoms with Crippen LogP contribution in [0.25, 0.3) is 11.1 Å². The summed E-state index contributed by atoms with van der Waals surface area (Å²) < 4.78 is 1.94. The van der Waals surface area contributed by atoms with Crippen LogP contribution in [-0.2, 0) is 6.54 Å². The lowest BCUT2D eigenvalue weighted by molar-refractivity contribution is 0.587. The summed E-state index contributed by atoms with van der Waals surface area (Å²) in [6, 6.07) is 10.3. The third-order valence-corrected chi connectivity index (χ3v) is 2.45. The molecule has 0 saturated heterocycles. The van der Waals surface area contributed by atoms with Gasteiger partial charge < -0.3 is 0 Å². The van der Waals surface area contributed by atoms with E-state index in [9.17, 15) is 0 Å². The Balaban J connectivity index is 2.06. The standard InChI is InChI=1S/C14H14N2/c1-2-3-7-10-16-12-14(11-15-16)13-8-5-4-6-9-13/h1,4-6,8-9,11-12H,3,7,10H2. The molecule has 0 amide bonds. The van der Waals surface area contributed by atoms with Gasteiger partial charge >= 0.3 is 0 Å². The highest BCUT2D eigenvalue weighted by atomic mass is 15.3. The molecule has 2 nitrogen and oxygen atoms in total. The van der Waals surface area contributed by atoms with Crippen LogP contribution in [0.5, 0.6) is 0 Å². The largest absolute Gasteiger partial charge is 0.272 e. The molecule has 0 saturated carbocycles. The van der Waals surface area contributed by atoms with Crippen molar-refractivity contribution in [2.75, 3.05) is 0 Å². The van der Waals surface area contributed by atoms with Crippen LogP contribution < -0.4 is 0 Å². The maximum atomic E-state index is 5.21. The van der Waals surface area contributed by atoms with Gasteiger partial charge in [0.25, 0.3) is 0 Å². The van der Waals surface area contributed by atoms with Crippen LogP contribution in [0.15, 0.2) is 42.7 Å². The second-order valence-corrected chi connectivity index (χ2v) is 3.67. The highest BCUT2D eigenvalue weighted by molar-refractivity contribution is 5.61. The average molecular weight is 210 g/mol. The van der Waals surface area contributed by atoms with E-state index in [4.69, 9.17) is 6.42 Å². The van der Waals surface area contributed by atoms with Crippen molar-refractivity contribution in [1.29, 1.82) is 0 Å². The molecule has 0 unspecified atom stereocenters. The number of rotatable bonds is 4. The minimum atomic E-state index is 0.806. The lowest BCUT2D eigenvalue weighted by Gasteiger charge is -1.97. The van der Waals surface area contributed by atoms with Crippen LogP contribution in [0.2, 0.25) is 0 Å². The number of unbranched alkanes of at least 4 members (excludes halogenated alkanes) is 1. The van der Waals surface area contributed by atoms with Gasteiger partial charge in [0, 0.05) is 24.7 Å². The fourth-order valence-corrected chi connectivity index (χ4v) is 1.61. The lowest BCUT2D eigenvalue weighted by atomic mass is 10.1. The van der Waals surface area contributed by atoms with Crippen molar-refractivity contribution < 1.29 is 0 Å². The van der Waals surface area contributed by atoms with Crippen LogP contribution in [0.3, 0.4) is 0 Å². The zero-order valence-corrected chi connectivity index (χ0v) is 9.13. The molecule has 0 bridgehead atoms. The van der Waals surface area contributed by atoms with Gasteiger partial charge in [0.15, 0.2) is 0 Å². The molecule has 1 aromatic carbocycles. The molecule has 16 heavy (non-hydrogen) atoms. The smallest absolute Gasteiger partial charge is 0.0568 e. The quantitative estimate of drug-likeness (QED) is 0.560. The summed E-state index contributed by atoms with van der Waals surface area (Å²) in [5.74, 6) is 2.64. The molecule has 0 fully saturated rings. The molecule has 0 radical (unpaired) electrons. The Kier molecular flexibility index (Phi) is 3.40. The van der Waals surface area contributed by atoms with Crippen molar-refractivity contribution in [3.05, 3.63) is 42.7 Å². The Morgan fingerprint density at radius 3 is 2.75 bits per heavy atom. The van der Waals surface area contributed by atoms with E-state index in [0.717, 1.165) is 24.9 Å². The Morgan fingerprint density at radius 1 is 1.19 bits per heavy atom. The normalized spacial score (nSPS) is 9.94. The first kappa shape index (κ1) is 10.5. The Bertz CT molecular complexity index is 477. The van der Waals surface area contributed by atoms with Gasteiger partial charge in [0.1, 0.15) is 0 Å². The molecule has 0 aliphatic rings. The first-order valence-corrected chi connectivity index (χ1v) is 5.41. The van der Waals surface area contributed by atoms with Gasteiger partial charge in [-0.1, -0.05) is 30.3 Å². The second kappa shape index (κ2) is 5.18. The molecule has 1 aromatic heterocycles. The molecular formula is C14H14N2. The summed E-state index contributed by atoms with van der Waals surface area (Å²) in [5, 5.41) is 4.31. The van der Waals surface area contributed by atoms with Crippen LogP contribution in [-0.4, -0.2) is 9.78 Å². The number of hydrogen-bond acceptors (Lipinski definition) is 1. The minimum Gasteiger partial charge on any atom is -0.272 e. The predicted octanol–water partition coefficient (Wildman–Crippen LogP) is 2.96. The molecule has 2 aromatic rings. The first-order chi connectivity index (χ1) is 7.90. The summed E-state index contributed by atoms with van der Waals surface area (Å²) in [4.78, 5) is 0. The van der Waals surface area contributed by atoms with Gasteiger partial charge in [0.2, 0.25) is 0 Å². The van der Waals surface area contributed by atoms with E-state index >= 15 is 0 Å². The van der Waals surface area contributed by atoms with Crippen LogP contribution in [0, 0.1) is 12.3 Å². The number of benzene rings is 1. The third kappa shape index (κ3) is 2.52. The molecule has 80 valence electrons. The van der Waals surface area contributed by atoms with E-state index in [-0.39, 0.29) is 0 Å². The van der Waals surface area contributed by atoms with Crippen molar-refractivity contribution in [2.45, 2.75) is 19.4 Å². The van der Waals surface area contributed by atoms with Crippen molar-refractivity contribution in [3.8, 4) is 23.5 Å². The van der Waals surface area contributed by atoms with Crippen LogP contribution in [0.1, 0.15) is 12.8 Å². The third-order valence-electron chi connectivity index (χ3n) is 2.45. The molecule has 2 heteroatoms. The maximum absolute atomic E-state index is 5.21. The van der Waals surface area contributed by atoms with Gasteiger partial charge in [-0.05, 0) is 12.0 Å². The van der Waals surface area contributed by atoms with Crippen LogP contribution >= 0.6 is 0 Å². The number of nitrogens with zero attached hydrogens (tertiary/aromatic N) is 2. The maximum Gasteiger partial charge on any atom is 0.0568 e. The lowest BCUT2D eigenvalue weighted by Crippen LogP contribution is -1.97. The van der Waals surface area contributed by atoms with Gasteiger partial charge in [-0.15, -0.1) is 12.3 Å². The van der Waals surface area contributed by atoms with E-state index in [2.05, 4.69) is 29.3 Å². The second-order valence-electron chi connectivity index (χ2n) is 3.67. The van der Waals surface area contributed by atoms with Crippen molar-refractivity contribution in [1.82, 2.24) is 9.78 Å². The SMILES string of the molecule is C#CCCCn1cc(-c2ccccc2)cn1. The zero-order chi connectivity index (χ0) is 11.2. The Morgan fingerprint density at radius 2 is 2.00 bits per heavy atom. The predicted molar refractivity (Wildman–Crippen MR) is 65.7 cm³/mol. The van der Waals surface area contributed by atoms with E-state index in [0.29, 0.717) is 0 Å². The molecular weight excluding hydrogens is 196 g/mol. The molecule has 0 N–H and O–H groups in total. The molecule has 0 atom stereocenters. The molecule has 0 aliphatic heterocycles. The zero-order valence-electron chi connectivity index (χ0n) is 9.13. The van der Waals surface area contributed by atoms with E-state index in [1.54, 1.807) is 0 Å². The molecule has 2 rings (SSSR count).